The molecule has 0 heterocycles. The fourth-order valence-electron chi connectivity index (χ4n) is 11.3. The van der Waals surface area contributed by atoms with Gasteiger partial charge in [0, 0.05) is 25.7 Å². The van der Waals surface area contributed by atoms with E-state index in [0.29, 0.717) is 25.7 Å². The Bertz CT molecular complexity index is 1800. The number of carbonyl (C=O) groups excluding carboxylic acids is 4. The lowest BCUT2D eigenvalue weighted by atomic mass is 10.0. The number of ether oxygens (including phenoxy) is 4. The zero-order valence-electron chi connectivity index (χ0n) is 60.6. The van der Waals surface area contributed by atoms with Gasteiger partial charge in [0.2, 0.25) is 0 Å². The molecular formula is C74H144O17P2. The molecule has 0 spiro atoms. The van der Waals surface area contributed by atoms with Gasteiger partial charge in [-0.2, -0.15) is 0 Å². The van der Waals surface area contributed by atoms with Gasteiger partial charge in [0.05, 0.1) is 26.4 Å². The molecule has 0 aliphatic carbocycles. The Morgan fingerprint density at radius 2 is 0.495 bits per heavy atom. The molecule has 3 N–H and O–H groups in total. The van der Waals surface area contributed by atoms with Crippen LogP contribution in [0.3, 0.4) is 0 Å². The molecule has 552 valence electrons. The van der Waals surface area contributed by atoms with Crippen molar-refractivity contribution in [3.05, 3.63) is 0 Å². The second kappa shape index (κ2) is 66.0. The molecule has 0 amide bonds. The van der Waals surface area contributed by atoms with Crippen LogP contribution in [0.5, 0.6) is 0 Å². The largest absolute Gasteiger partial charge is 0.472 e. The second-order valence-electron chi connectivity index (χ2n) is 27.6. The fourth-order valence-corrected chi connectivity index (χ4v) is 12.9. The van der Waals surface area contributed by atoms with E-state index >= 15 is 0 Å². The number of phosphoric ester groups is 2. The Morgan fingerprint density at radius 3 is 0.731 bits per heavy atom. The van der Waals surface area contributed by atoms with Crippen LogP contribution in [0.4, 0.5) is 0 Å². The highest BCUT2D eigenvalue weighted by atomic mass is 31.2. The Kier molecular flexibility index (Phi) is 64.6. The number of aliphatic hydroxyl groups excluding tert-OH is 1. The van der Waals surface area contributed by atoms with Crippen LogP contribution in [0.1, 0.15) is 382 Å². The molecule has 0 saturated carbocycles. The number of carbonyl (C=O) groups is 4. The monoisotopic (exact) mass is 1370 g/mol. The highest BCUT2D eigenvalue weighted by Gasteiger charge is 2.30. The molecule has 0 aromatic rings. The van der Waals surface area contributed by atoms with Gasteiger partial charge in [-0.1, -0.05) is 330 Å². The summed E-state index contributed by atoms with van der Waals surface area (Å²) in [5, 5.41) is 10.6. The molecular weight excluding hydrogens is 1220 g/mol. The van der Waals surface area contributed by atoms with Gasteiger partial charge in [-0.05, 0) is 37.5 Å². The van der Waals surface area contributed by atoms with E-state index in [1.54, 1.807) is 0 Å². The number of phosphoric acid groups is 2. The van der Waals surface area contributed by atoms with E-state index in [1.807, 2.05) is 0 Å². The average Bonchev–Trinajstić information content (AvgIpc) is 1.97. The number of aliphatic hydroxyl groups is 1. The van der Waals surface area contributed by atoms with Gasteiger partial charge >= 0.3 is 39.5 Å². The van der Waals surface area contributed by atoms with Crippen molar-refractivity contribution >= 4 is 39.5 Å². The van der Waals surface area contributed by atoms with E-state index in [4.69, 9.17) is 37.0 Å². The molecule has 93 heavy (non-hydrogen) atoms. The molecule has 0 saturated heterocycles. The molecule has 0 rings (SSSR count). The maximum absolute atomic E-state index is 13.1. The molecule has 19 heteroatoms. The van der Waals surface area contributed by atoms with Gasteiger partial charge in [0.1, 0.15) is 19.3 Å². The number of esters is 4. The van der Waals surface area contributed by atoms with Crippen LogP contribution >= 0.6 is 15.6 Å². The van der Waals surface area contributed by atoms with Crippen molar-refractivity contribution in [2.24, 2.45) is 11.8 Å². The van der Waals surface area contributed by atoms with Crippen LogP contribution in [-0.2, 0) is 65.4 Å². The second-order valence-corrected chi connectivity index (χ2v) is 30.5. The summed E-state index contributed by atoms with van der Waals surface area (Å²) in [7, 11) is -9.90. The first-order valence-electron chi connectivity index (χ1n) is 38.5. The normalized spacial score (nSPS) is 14.1. The first kappa shape index (κ1) is 91.1. The van der Waals surface area contributed by atoms with Crippen LogP contribution in [0.15, 0.2) is 0 Å². The minimum Gasteiger partial charge on any atom is -0.462 e. The van der Waals surface area contributed by atoms with E-state index < -0.39 is 97.5 Å². The zero-order valence-corrected chi connectivity index (χ0v) is 62.3. The molecule has 5 atom stereocenters. The summed E-state index contributed by atoms with van der Waals surface area (Å²) in [4.78, 5) is 72.6. The summed E-state index contributed by atoms with van der Waals surface area (Å²) in [6.07, 6.45) is 52.8. The van der Waals surface area contributed by atoms with Gasteiger partial charge in [0.15, 0.2) is 12.2 Å². The van der Waals surface area contributed by atoms with Crippen molar-refractivity contribution in [2.45, 2.75) is 400 Å². The third-order valence-corrected chi connectivity index (χ3v) is 19.1. The van der Waals surface area contributed by atoms with E-state index in [1.165, 1.54) is 193 Å². The Balaban J connectivity index is 5.21. The first-order chi connectivity index (χ1) is 44.9. The maximum atomic E-state index is 13.1. The number of unbranched alkanes of at least 4 members (excludes halogenated alkanes) is 43. The average molecular weight is 1370 g/mol. The highest BCUT2D eigenvalue weighted by molar-refractivity contribution is 7.47. The third-order valence-electron chi connectivity index (χ3n) is 17.2. The Morgan fingerprint density at radius 1 is 0.290 bits per heavy atom. The van der Waals surface area contributed by atoms with Gasteiger partial charge in [-0.15, -0.1) is 0 Å². The summed E-state index contributed by atoms with van der Waals surface area (Å²) in [5.41, 5.74) is 0. The molecule has 17 nitrogen and oxygen atoms in total. The van der Waals surface area contributed by atoms with Crippen LogP contribution < -0.4 is 0 Å². The van der Waals surface area contributed by atoms with Gasteiger partial charge in [-0.25, -0.2) is 9.13 Å². The molecule has 0 aromatic heterocycles. The molecule has 0 fully saturated rings. The SMILES string of the molecule is CCCCCCCCCCCCCCCCCCCCC(=O)O[C@H](COC(=O)CCCCCCCCCCCCCCC(C)C)COP(=O)(O)OC[C@@H](O)COP(=O)(O)OC[C@@H](COC(=O)CCCCCCCCCC)OC(=O)CCCCCCCCCCCC(C)C. The zero-order chi connectivity index (χ0) is 68.6. The lowest BCUT2D eigenvalue weighted by Gasteiger charge is -2.21. The number of hydrogen-bond acceptors (Lipinski definition) is 15. The Hall–Kier alpha value is -1.94. The number of hydrogen-bond donors (Lipinski definition) is 3. The molecule has 0 bridgehead atoms. The minimum atomic E-state index is -4.96. The lowest BCUT2D eigenvalue weighted by molar-refractivity contribution is -0.161. The van der Waals surface area contributed by atoms with Crippen molar-refractivity contribution in [3.8, 4) is 0 Å². The van der Waals surface area contributed by atoms with Crippen LogP contribution in [0.25, 0.3) is 0 Å². The molecule has 0 aliphatic rings. The number of rotatable bonds is 73. The van der Waals surface area contributed by atoms with Crippen LogP contribution in [0, 0.1) is 11.8 Å². The molecule has 0 aromatic carbocycles. The lowest BCUT2D eigenvalue weighted by Crippen LogP contribution is -2.30. The fraction of sp³-hybridized carbons (Fsp3) is 0.946. The molecule has 0 aliphatic heterocycles. The molecule has 0 radical (unpaired) electrons. The van der Waals surface area contributed by atoms with Crippen LogP contribution in [0.2, 0.25) is 0 Å². The van der Waals surface area contributed by atoms with E-state index in [-0.39, 0.29) is 25.7 Å². The van der Waals surface area contributed by atoms with E-state index in [2.05, 4.69) is 41.5 Å². The predicted octanol–water partition coefficient (Wildman–Crippen LogP) is 21.6. The minimum absolute atomic E-state index is 0.105. The highest BCUT2D eigenvalue weighted by Crippen LogP contribution is 2.45. The summed E-state index contributed by atoms with van der Waals surface area (Å²) in [5.74, 6) is -0.602. The summed E-state index contributed by atoms with van der Waals surface area (Å²) >= 11 is 0. The van der Waals surface area contributed by atoms with Crippen molar-refractivity contribution in [1.29, 1.82) is 0 Å². The summed E-state index contributed by atoms with van der Waals surface area (Å²) in [6.45, 7) is 9.54. The topological polar surface area (TPSA) is 237 Å². The van der Waals surface area contributed by atoms with Crippen molar-refractivity contribution in [1.82, 2.24) is 0 Å². The van der Waals surface area contributed by atoms with E-state index in [0.717, 1.165) is 108 Å². The van der Waals surface area contributed by atoms with Gasteiger partial charge < -0.3 is 33.8 Å². The van der Waals surface area contributed by atoms with Gasteiger partial charge in [0.25, 0.3) is 0 Å². The third kappa shape index (κ3) is 68.4. The predicted molar refractivity (Wildman–Crippen MR) is 377 cm³/mol. The maximum Gasteiger partial charge on any atom is 0.472 e. The van der Waals surface area contributed by atoms with Gasteiger partial charge in [-0.3, -0.25) is 37.3 Å². The molecule has 2 unspecified atom stereocenters. The standard InChI is InChI=1S/C74H144O17P2/c1-7-9-11-13-15-17-18-19-20-21-22-23-24-29-34-40-46-52-58-73(78)90-70(63-85-72(77)57-51-45-39-33-28-26-25-27-31-36-42-48-54-66(3)4)65-89-93(82,83)87-61-68(75)60-86-92(80,81)88-64-69(62-84-71(76)56-50-44-38-16-14-12-10-8-2)91-74(79)59-53-47-41-35-30-32-37-43-49-55-67(5)6/h66-70,75H,7-65H2,1-6H3,(H,80,81)(H,82,83)/t68-,69+,70+/m0/s1. The smallest absolute Gasteiger partial charge is 0.462 e. The summed E-state index contributed by atoms with van der Waals surface area (Å²) < 4.78 is 68.4. The van der Waals surface area contributed by atoms with Crippen molar-refractivity contribution in [2.75, 3.05) is 39.6 Å². The quantitative estimate of drug-likeness (QED) is 0.0222. The first-order valence-corrected chi connectivity index (χ1v) is 41.5. The van der Waals surface area contributed by atoms with Crippen molar-refractivity contribution in [3.63, 3.8) is 0 Å². The van der Waals surface area contributed by atoms with Crippen LogP contribution in [-0.4, -0.2) is 96.7 Å². The summed E-state index contributed by atoms with van der Waals surface area (Å²) in [6, 6.07) is 0. The van der Waals surface area contributed by atoms with E-state index in [9.17, 15) is 43.2 Å². The van der Waals surface area contributed by atoms with Crippen molar-refractivity contribution < 1.29 is 80.2 Å². The Labute approximate surface area is 568 Å².